The van der Waals surface area contributed by atoms with Gasteiger partial charge in [0, 0.05) is 18.0 Å². The lowest BCUT2D eigenvalue weighted by atomic mass is 10.2. The normalized spacial score (nSPS) is 19.0. The first-order chi connectivity index (χ1) is 15.8. The first kappa shape index (κ1) is 23.7. The van der Waals surface area contributed by atoms with Crippen LogP contribution in [0.4, 0.5) is 0 Å². The number of hydrogen-bond donors (Lipinski definition) is 1. The zero-order valence-electron chi connectivity index (χ0n) is 18.9. The van der Waals surface area contributed by atoms with Crippen molar-refractivity contribution >= 4 is 30.5 Å². The largest absolute Gasteiger partial charge is 0.341 e. The lowest BCUT2D eigenvalue weighted by molar-refractivity contribution is -0.232. The average Bonchev–Trinajstić information content (AvgIpc) is 3.25. The van der Waals surface area contributed by atoms with Crippen LogP contribution in [0.3, 0.4) is 0 Å². The SMILES string of the molecule is CC(C)(C)[Si](OOC[C@@H]1O[C@H](n2ccc(=O)[nH]c2=O)CS1)(c1ccccc1)c1ccccc1. The van der Waals surface area contributed by atoms with Crippen LogP contribution < -0.4 is 21.6 Å². The molecule has 0 amide bonds. The maximum atomic E-state index is 12.1. The molecule has 2 heterocycles. The fraction of sp³-hybridized carbons (Fsp3) is 0.333. The van der Waals surface area contributed by atoms with Crippen LogP contribution in [0.1, 0.15) is 27.0 Å². The number of aromatic amines is 1. The van der Waals surface area contributed by atoms with Crippen molar-refractivity contribution in [1.29, 1.82) is 0 Å². The highest BCUT2D eigenvalue weighted by atomic mass is 32.2. The Hall–Kier alpha value is -2.43. The van der Waals surface area contributed by atoms with Gasteiger partial charge < -0.3 is 4.74 Å². The summed E-state index contributed by atoms with van der Waals surface area (Å²) in [4.78, 5) is 31.6. The molecule has 1 aliphatic heterocycles. The molecule has 0 aliphatic carbocycles. The molecule has 0 saturated carbocycles. The molecular weight excluding hydrogens is 456 g/mol. The first-order valence-electron chi connectivity index (χ1n) is 10.8. The van der Waals surface area contributed by atoms with Crippen molar-refractivity contribution < 1.29 is 14.2 Å². The van der Waals surface area contributed by atoms with Gasteiger partial charge in [-0.1, -0.05) is 81.4 Å². The van der Waals surface area contributed by atoms with Crippen LogP contribution >= 0.6 is 11.8 Å². The summed E-state index contributed by atoms with van der Waals surface area (Å²) in [5.74, 6) is 0.569. The molecule has 0 bridgehead atoms. The van der Waals surface area contributed by atoms with Crippen LogP contribution in [-0.4, -0.2) is 35.7 Å². The van der Waals surface area contributed by atoms with Gasteiger partial charge in [-0.25, -0.2) is 9.68 Å². The number of nitrogens with zero attached hydrogens (tertiary/aromatic N) is 1. The second-order valence-corrected chi connectivity index (χ2v) is 14.3. The summed E-state index contributed by atoms with van der Waals surface area (Å²) < 4.78 is 13.8. The van der Waals surface area contributed by atoms with Crippen LogP contribution in [0.2, 0.25) is 5.04 Å². The molecule has 1 N–H and O–H groups in total. The smallest absolute Gasteiger partial charge is 0.330 e. The van der Waals surface area contributed by atoms with Crippen molar-refractivity contribution in [3.63, 3.8) is 0 Å². The molecule has 4 rings (SSSR count). The molecule has 0 radical (unpaired) electrons. The molecule has 174 valence electrons. The molecule has 1 saturated heterocycles. The predicted molar refractivity (Wildman–Crippen MR) is 132 cm³/mol. The van der Waals surface area contributed by atoms with E-state index in [1.165, 1.54) is 16.8 Å². The fourth-order valence-corrected chi connectivity index (χ4v) is 9.16. The Labute approximate surface area is 197 Å². The third kappa shape index (κ3) is 4.92. The molecule has 1 fully saturated rings. The Bertz CT molecular complexity index is 1140. The van der Waals surface area contributed by atoms with Gasteiger partial charge in [-0.15, -0.1) is 11.8 Å². The van der Waals surface area contributed by atoms with E-state index < -0.39 is 25.8 Å². The van der Waals surface area contributed by atoms with Gasteiger partial charge >= 0.3 is 14.0 Å². The quantitative estimate of drug-likeness (QED) is 0.315. The zero-order chi connectivity index (χ0) is 23.5. The first-order valence-corrected chi connectivity index (χ1v) is 13.8. The van der Waals surface area contributed by atoms with Crippen LogP contribution in [-0.2, 0) is 14.2 Å². The minimum absolute atomic E-state index is 0.203. The number of rotatable bonds is 7. The summed E-state index contributed by atoms with van der Waals surface area (Å²) in [6.07, 6.45) is 0.981. The van der Waals surface area contributed by atoms with E-state index in [9.17, 15) is 9.59 Å². The Morgan fingerprint density at radius 3 is 2.18 bits per heavy atom. The molecule has 2 atom stereocenters. The van der Waals surface area contributed by atoms with E-state index in [0.717, 1.165) is 10.4 Å². The number of benzene rings is 2. The van der Waals surface area contributed by atoms with Gasteiger partial charge in [0.25, 0.3) is 5.56 Å². The Kier molecular flexibility index (Phi) is 7.06. The van der Waals surface area contributed by atoms with E-state index >= 15 is 0 Å². The molecule has 2 aromatic carbocycles. The summed E-state index contributed by atoms with van der Waals surface area (Å²) >= 11 is 1.54. The number of ether oxygens (including phenoxy) is 1. The van der Waals surface area contributed by atoms with Crippen molar-refractivity contribution in [1.82, 2.24) is 9.55 Å². The number of aromatic nitrogens is 2. The highest BCUT2D eigenvalue weighted by molar-refractivity contribution is 8.00. The van der Waals surface area contributed by atoms with Crippen LogP contribution in [0.15, 0.2) is 82.5 Å². The summed E-state index contributed by atoms with van der Waals surface area (Å²) in [5, 5.41) is 2.05. The van der Waals surface area contributed by atoms with Crippen LogP contribution in [0.5, 0.6) is 0 Å². The third-order valence-corrected chi connectivity index (χ3v) is 11.6. The second kappa shape index (κ2) is 9.82. The topological polar surface area (TPSA) is 82.6 Å². The third-order valence-electron chi connectivity index (χ3n) is 5.70. The number of nitrogens with one attached hydrogen (secondary N) is 1. The standard InChI is InChI=1S/C24H28N2O5SSi/c1-24(2,3)33(18-10-6-4-7-11-18,19-12-8-5-9-13-19)31-29-16-22-30-21(17-32-22)26-15-14-20(27)25-23(26)28/h4-15,21-22H,16-17H2,1-3H3,(H,25,27,28)/t21-,22+/m0/s1. The Morgan fingerprint density at radius 1 is 1.03 bits per heavy atom. The maximum absolute atomic E-state index is 12.1. The molecule has 33 heavy (non-hydrogen) atoms. The fourth-order valence-electron chi connectivity index (χ4n) is 4.11. The summed E-state index contributed by atoms with van der Waals surface area (Å²) in [6.45, 7) is 6.76. The van der Waals surface area contributed by atoms with E-state index in [-0.39, 0.29) is 17.1 Å². The number of thioether (sulfide) groups is 1. The van der Waals surface area contributed by atoms with Crippen LogP contribution in [0.25, 0.3) is 0 Å². The van der Waals surface area contributed by atoms with Gasteiger partial charge in [0.05, 0.1) is 0 Å². The van der Waals surface area contributed by atoms with E-state index in [4.69, 9.17) is 14.2 Å². The van der Waals surface area contributed by atoms with Gasteiger partial charge in [-0.05, 0) is 15.4 Å². The molecule has 0 unspecified atom stereocenters. The van der Waals surface area contributed by atoms with Crippen molar-refractivity contribution in [2.75, 3.05) is 12.4 Å². The second-order valence-electron chi connectivity index (χ2n) is 8.90. The van der Waals surface area contributed by atoms with Crippen molar-refractivity contribution in [2.24, 2.45) is 0 Å². The molecule has 9 heteroatoms. The van der Waals surface area contributed by atoms with Gasteiger partial charge in [0.15, 0.2) is 0 Å². The highest BCUT2D eigenvalue weighted by Gasteiger charge is 2.52. The van der Waals surface area contributed by atoms with E-state index in [1.807, 2.05) is 36.4 Å². The van der Waals surface area contributed by atoms with Crippen LogP contribution in [0, 0.1) is 0 Å². The van der Waals surface area contributed by atoms with E-state index in [1.54, 1.807) is 11.8 Å². The van der Waals surface area contributed by atoms with Crippen molar-refractivity contribution in [3.05, 3.63) is 93.8 Å². The molecule has 1 aliphatic rings. The number of hydrogen-bond acceptors (Lipinski definition) is 6. The summed E-state index contributed by atoms with van der Waals surface area (Å²) in [7, 11) is -2.80. The minimum Gasteiger partial charge on any atom is -0.341 e. The Balaban J connectivity index is 1.53. The van der Waals surface area contributed by atoms with E-state index in [2.05, 4.69) is 50.0 Å². The Morgan fingerprint density at radius 2 is 1.64 bits per heavy atom. The predicted octanol–water partition coefficient (Wildman–Crippen LogP) is 2.63. The van der Waals surface area contributed by atoms with Crippen molar-refractivity contribution in [3.8, 4) is 0 Å². The molecular formula is C24H28N2O5SSi. The maximum Gasteiger partial charge on any atom is 0.330 e. The molecule has 7 nitrogen and oxygen atoms in total. The lowest BCUT2D eigenvalue weighted by Gasteiger charge is -2.41. The van der Waals surface area contributed by atoms with E-state index in [0.29, 0.717) is 5.75 Å². The van der Waals surface area contributed by atoms with Crippen molar-refractivity contribution in [2.45, 2.75) is 37.5 Å². The molecule has 3 aromatic rings. The highest BCUT2D eigenvalue weighted by Crippen LogP contribution is 2.37. The van der Waals surface area contributed by atoms with Gasteiger partial charge in [0.2, 0.25) is 0 Å². The monoisotopic (exact) mass is 484 g/mol. The summed E-state index contributed by atoms with van der Waals surface area (Å²) in [5.41, 5.74) is -1.22. The van der Waals surface area contributed by atoms with Gasteiger partial charge in [-0.2, -0.15) is 0 Å². The van der Waals surface area contributed by atoms with Gasteiger partial charge in [0.1, 0.15) is 18.3 Å². The minimum atomic E-state index is -2.80. The van der Waals surface area contributed by atoms with Gasteiger partial charge in [-0.3, -0.25) is 18.9 Å². The molecule has 0 spiro atoms. The zero-order valence-corrected chi connectivity index (χ0v) is 20.7. The number of H-pyrrole nitrogens is 1. The lowest BCUT2D eigenvalue weighted by Crippen LogP contribution is -2.66. The molecule has 1 aromatic heterocycles. The summed E-state index contributed by atoms with van der Waals surface area (Å²) in [6, 6.07) is 21.8. The average molecular weight is 485 g/mol.